The first-order chi connectivity index (χ1) is 15.6. The third-order valence-corrected chi connectivity index (χ3v) is 5.76. The highest BCUT2D eigenvalue weighted by molar-refractivity contribution is 5.92. The number of rotatable bonds is 9. The maximum atomic E-state index is 12.7. The van der Waals surface area contributed by atoms with E-state index in [-0.39, 0.29) is 11.8 Å². The van der Waals surface area contributed by atoms with Crippen LogP contribution in [0, 0.1) is 0 Å². The Morgan fingerprint density at radius 1 is 0.906 bits per heavy atom. The number of aryl methyl sites for hydroxylation is 1. The zero-order valence-corrected chi connectivity index (χ0v) is 19.0. The zero-order chi connectivity index (χ0) is 22.8. The van der Waals surface area contributed by atoms with E-state index in [1.165, 1.54) is 0 Å². The second-order valence-electron chi connectivity index (χ2n) is 7.92. The Balaban J connectivity index is 1.40. The molecule has 7 heteroatoms. The highest BCUT2D eigenvalue weighted by atomic mass is 16.5. The third kappa shape index (κ3) is 6.99. The summed E-state index contributed by atoms with van der Waals surface area (Å²) in [6, 6.07) is 15.3. The lowest BCUT2D eigenvalue weighted by Gasteiger charge is -2.22. The largest absolute Gasteiger partial charge is 0.497 e. The minimum atomic E-state index is -0.0360. The molecule has 0 saturated carbocycles. The van der Waals surface area contributed by atoms with Crippen molar-refractivity contribution in [3.8, 4) is 11.5 Å². The number of amides is 2. The molecule has 1 saturated heterocycles. The van der Waals surface area contributed by atoms with Crippen LogP contribution in [-0.2, 0) is 16.0 Å². The van der Waals surface area contributed by atoms with Crippen LogP contribution in [0.3, 0.4) is 0 Å². The number of carbonyl (C=O) groups is 2. The summed E-state index contributed by atoms with van der Waals surface area (Å²) in [6.45, 7) is 3.83. The normalized spacial score (nSPS) is 14.5. The molecule has 0 radical (unpaired) electrons. The Kier molecular flexibility index (Phi) is 8.92. The van der Waals surface area contributed by atoms with Crippen LogP contribution in [0.15, 0.2) is 48.5 Å². The van der Waals surface area contributed by atoms with Crippen LogP contribution in [0.4, 0.5) is 5.69 Å². The van der Waals surface area contributed by atoms with E-state index < -0.39 is 0 Å². The topological polar surface area (TPSA) is 71.1 Å². The van der Waals surface area contributed by atoms with Crippen LogP contribution in [0.2, 0.25) is 0 Å². The van der Waals surface area contributed by atoms with Gasteiger partial charge in [-0.25, -0.2) is 0 Å². The average Bonchev–Trinajstić information content (AvgIpc) is 3.08. The molecule has 0 unspecified atom stereocenters. The lowest BCUT2D eigenvalue weighted by atomic mass is 10.1. The molecule has 0 aliphatic carbocycles. The molecule has 1 aliphatic rings. The Labute approximate surface area is 190 Å². The van der Waals surface area contributed by atoms with Crippen molar-refractivity contribution in [2.24, 2.45) is 0 Å². The summed E-state index contributed by atoms with van der Waals surface area (Å²) in [4.78, 5) is 29.3. The molecule has 3 rings (SSSR count). The number of benzene rings is 2. The van der Waals surface area contributed by atoms with E-state index in [0.717, 1.165) is 43.8 Å². The SMILES string of the molecule is COc1ccc(CCC(=O)N2CCCN(CCC(=O)Nc3ccccc3OC)CC2)cc1. The van der Waals surface area contributed by atoms with Crippen molar-refractivity contribution in [1.82, 2.24) is 9.80 Å². The van der Waals surface area contributed by atoms with Gasteiger partial charge < -0.3 is 24.6 Å². The molecule has 0 spiro atoms. The van der Waals surface area contributed by atoms with Crippen molar-refractivity contribution >= 4 is 17.5 Å². The summed E-state index contributed by atoms with van der Waals surface area (Å²) in [7, 11) is 3.24. The number of hydrogen-bond acceptors (Lipinski definition) is 5. The van der Waals surface area contributed by atoms with Crippen LogP contribution in [-0.4, -0.2) is 68.6 Å². The minimum Gasteiger partial charge on any atom is -0.497 e. The molecule has 2 aromatic rings. The van der Waals surface area contributed by atoms with Gasteiger partial charge in [-0.15, -0.1) is 0 Å². The van der Waals surface area contributed by atoms with Crippen LogP contribution < -0.4 is 14.8 Å². The number of hydrogen-bond donors (Lipinski definition) is 1. The number of nitrogens with zero attached hydrogens (tertiary/aromatic N) is 2. The predicted molar refractivity (Wildman–Crippen MR) is 125 cm³/mol. The number of anilines is 1. The summed E-state index contributed by atoms with van der Waals surface area (Å²) in [5, 5.41) is 2.92. The van der Waals surface area contributed by atoms with Crippen molar-refractivity contribution in [2.45, 2.75) is 25.7 Å². The summed E-state index contributed by atoms with van der Waals surface area (Å²) in [6.07, 6.45) is 2.56. The van der Waals surface area contributed by atoms with E-state index in [0.29, 0.717) is 37.4 Å². The maximum Gasteiger partial charge on any atom is 0.225 e. The van der Waals surface area contributed by atoms with Gasteiger partial charge in [-0.2, -0.15) is 0 Å². The first-order valence-electron chi connectivity index (χ1n) is 11.1. The summed E-state index contributed by atoms with van der Waals surface area (Å²) in [5.41, 5.74) is 1.82. The predicted octanol–water partition coefficient (Wildman–Crippen LogP) is 3.20. The molecule has 172 valence electrons. The van der Waals surface area contributed by atoms with Crippen molar-refractivity contribution in [3.63, 3.8) is 0 Å². The van der Waals surface area contributed by atoms with Crippen molar-refractivity contribution in [3.05, 3.63) is 54.1 Å². The number of para-hydroxylation sites is 2. The molecule has 1 aliphatic heterocycles. The first kappa shape index (κ1) is 23.6. The van der Waals surface area contributed by atoms with Crippen molar-refractivity contribution in [1.29, 1.82) is 0 Å². The monoisotopic (exact) mass is 439 g/mol. The molecule has 32 heavy (non-hydrogen) atoms. The molecule has 1 heterocycles. The van der Waals surface area contributed by atoms with Gasteiger partial charge in [0, 0.05) is 39.0 Å². The Morgan fingerprint density at radius 3 is 2.44 bits per heavy atom. The van der Waals surface area contributed by atoms with E-state index in [2.05, 4.69) is 10.2 Å². The van der Waals surface area contributed by atoms with Gasteiger partial charge in [0.05, 0.1) is 19.9 Å². The lowest BCUT2D eigenvalue weighted by Crippen LogP contribution is -2.36. The van der Waals surface area contributed by atoms with Gasteiger partial charge in [0.15, 0.2) is 0 Å². The molecule has 7 nitrogen and oxygen atoms in total. The summed E-state index contributed by atoms with van der Waals surface area (Å²) < 4.78 is 10.5. The lowest BCUT2D eigenvalue weighted by molar-refractivity contribution is -0.131. The van der Waals surface area contributed by atoms with E-state index in [1.54, 1.807) is 14.2 Å². The molecule has 0 aromatic heterocycles. The number of carbonyl (C=O) groups excluding carboxylic acids is 2. The van der Waals surface area contributed by atoms with Crippen molar-refractivity contribution in [2.75, 3.05) is 52.3 Å². The zero-order valence-electron chi connectivity index (χ0n) is 19.0. The molecule has 1 fully saturated rings. The molecular formula is C25H33N3O4. The van der Waals surface area contributed by atoms with Crippen molar-refractivity contribution < 1.29 is 19.1 Å². The second-order valence-corrected chi connectivity index (χ2v) is 7.92. The second kappa shape index (κ2) is 12.1. The fraction of sp³-hybridized carbons (Fsp3) is 0.440. The average molecular weight is 440 g/mol. The quantitative estimate of drug-likeness (QED) is 0.650. The molecule has 0 bridgehead atoms. The standard InChI is InChI=1S/C25H33N3O4/c1-31-21-11-8-20(9-12-21)10-13-25(30)28-16-5-15-27(18-19-28)17-14-24(29)26-22-6-3-4-7-23(22)32-2/h3-4,6-9,11-12H,5,10,13-19H2,1-2H3,(H,26,29). The maximum absolute atomic E-state index is 12.7. The highest BCUT2D eigenvalue weighted by Gasteiger charge is 2.19. The van der Waals surface area contributed by atoms with Crippen LogP contribution >= 0.6 is 0 Å². The highest BCUT2D eigenvalue weighted by Crippen LogP contribution is 2.23. The van der Waals surface area contributed by atoms with Crippen LogP contribution in [0.1, 0.15) is 24.8 Å². The Bertz CT molecular complexity index is 885. The van der Waals surface area contributed by atoms with Gasteiger partial charge >= 0.3 is 0 Å². The molecule has 0 atom stereocenters. The summed E-state index contributed by atoms with van der Waals surface area (Å²) >= 11 is 0. The fourth-order valence-electron chi connectivity index (χ4n) is 3.87. The number of ether oxygens (including phenoxy) is 2. The van der Waals surface area contributed by atoms with E-state index >= 15 is 0 Å². The Morgan fingerprint density at radius 2 is 1.69 bits per heavy atom. The first-order valence-corrected chi connectivity index (χ1v) is 11.1. The molecule has 1 N–H and O–H groups in total. The van der Waals surface area contributed by atoms with E-state index in [9.17, 15) is 9.59 Å². The smallest absolute Gasteiger partial charge is 0.225 e. The van der Waals surface area contributed by atoms with Gasteiger partial charge in [-0.3, -0.25) is 9.59 Å². The Hall–Kier alpha value is -3.06. The number of methoxy groups -OCH3 is 2. The molecule has 2 amide bonds. The third-order valence-electron chi connectivity index (χ3n) is 5.76. The van der Waals surface area contributed by atoms with Gasteiger partial charge in [-0.1, -0.05) is 24.3 Å². The van der Waals surface area contributed by atoms with Crippen LogP contribution in [0.5, 0.6) is 11.5 Å². The van der Waals surface area contributed by atoms with Gasteiger partial charge in [0.25, 0.3) is 0 Å². The molecule has 2 aromatic carbocycles. The van der Waals surface area contributed by atoms with E-state index in [1.807, 2.05) is 53.4 Å². The minimum absolute atomic E-state index is 0.0360. The van der Waals surface area contributed by atoms with Crippen LogP contribution in [0.25, 0.3) is 0 Å². The fourth-order valence-corrected chi connectivity index (χ4v) is 3.87. The number of nitrogens with one attached hydrogen (secondary N) is 1. The van der Waals surface area contributed by atoms with Gasteiger partial charge in [-0.05, 0) is 49.2 Å². The van der Waals surface area contributed by atoms with Gasteiger partial charge in [0.1, 0.15) is 11.5 Å². The van der Waals surface area contributed by atoms with E-state index in [4.69, 9.17) is 9.47 Å². The molecular weight excluding hydrogens is 406 g/mol. The summed E-state index contributed by atoms with van der Waals surface area (Å²) in [5.74, 6) is 1.63. The van der Waals surface area contributed by atoms with Gasteiger partial charge in [0.2, 0.25) is 11.8 Å².